The number of aryl methyl sites for hydroxylation is 2. The Labute approximate surface area is 162 Å². The van der Waals surface area contributed by atoms with Gasteiger partial charge in [0.1, 0.15) is 5.82 Å². The number of hydrogen-bond donors (Lipinski definition) is 1. The molecule has 0 unspecified atom stereocenters. The third-order valence-corrected chi connectivity index (χ3v) is 5.57. The van der Waals surface area contributed by atoms with Crippen molar-refractivity contribution in [3.05, 3.63) is 76.4 Å². The molecule has 4 aromatic rings. The van der Waals surface area contributed by atoms with Crippen LogP contribution in [0.1, 0.15) is 17.1 Å². The van der Waals surface area contributed by atoms with Gasteiger partial charge in [0, 0.05) is 67.9 Å². The Balaban J connectivity index is 1.59. The molecule has 3 aromatic heterocycles. The summed E-state index contributed by atoms with van der Waals surface area (Å²) in [5, 5.41) is 4.71. The standard InChI is InChI=1S/C22H21N5O/c1-14-24-11-16(12-25-14)15-6-8-27(22(28)9-15)17-3-4-18-19-13-23-7-5-20(19)26(2)21(18)10-17/h3-4,6,8-12,23H,5,7,13H2,1-2H3. The molecule has 6 heteroatoms. The Hall–Kier alpha value is -3.25. The predicted molar refractivity (Wildman–Crippen MR) is 110 cm³/mol. The fourth-order valence-electron chi connectivity index (χ4n) is 4.06. The van der Waals surface area contributed by atoms with Crippen LogP contribution in [0.5, 0.6) is 0 Å². The van der Waals surface area contributed by atoms with Crippen LogP contribution in [0.2, 0.25) is 0 Å². The molecule has 0 amide bonds. The molecular weight excluding hydrogens is 350 g/mol. The summed E-state index contributed by atoms with van der Waals surface area (Å²) in [4.78, 5) is 21.2. The molecule has 0 saturated heterocycles. The van der Waals surface area contributed by atoms with Crippen LogP contribution in [0.4, 0.5) is 0 Å². The Kier molecular flexibility index (Phi) is 3.87. The number of hydrogen-bond acceptors (Lipinski definition) is 4. The van der Waals surface area contributed by atoms with Gasteiger partial charge in [-0.1, -0.05) is 6.07 Å². The van der Waals surface area contributed by atoms with E-state index in [1.54, 1.807) is 23.0 Å². The zero-order chi connectivity index (χ0) is 19.3. The van der Waals surface area contributed by atoms with Crippen molar-refractivity contribution < 1.29 is 0 Å². The summed E-state index contributed by atoms with van der Waals surface area (Å²) >= 11 is 0. The monoisotopic (exact) mass is 371 g/mol. The molecule has 0 bridgehead atoms. The Bertz CT molecular complexity index is 1250. The Morgan fingerprint density at radius 3 is 2.68 bits per heavy atom. The summed E-state index contributed by atoms with van der Waals surface area (Å²) in [6.07, 6.45) is 6.35. The van der Waals surface area contributed by atoms with Crippen molar-refractivity contribution in [2.75, 3.05) is 6.54 Å². The van der Waals surface area contributed by atoms with Crippen molar-refractivity contribution in [2.24, 2.45) is 7.05 Å². The minimum Gasteiger partial charge on any atom is -0.347 e. The van der Waals surface area contributed by atoms with E-state index in [2.05, 4.69) is 39.0 Å². The van der Waals surface area contributed by atoms with Gasteiger partial charge in [-0.15, -0.1) is 0 Å². The first-order valence-electron chi connectivity index (χ1n) is 9.45. The van der Waals surface area contributed by atoms with Gasteiger partial charge in [-0.25, -0.2) is 9.97 Å². The van der Waals surface area contributed by atoms with Crippen LogP contribution in [-0.2, 0) is 20.0 Å². The lowest BCUT2D eigenvalue weighted by Gasteiger charge is -2.14. The van der Waals surface area contributed by atoms with E-state index >= 15 is 0 Å². The van der Waals surface area contributed by atoms with Gasteiger partial charge in [0.05, 0.1) is 11.2 Å². The fourth-order valence-corrected chi connectivity index (χ4v) is 4.06. The molecule has 0 aliphatic carbocycles. The first-order valence-corrected chi connectivity index (χ1v) is 9.45. The lowest BCUT2D eigenvalue weighted by atomic mass is 10.1. The van der Waals surface area contributed by atoms with Crippen LogP contribution in [0.3, 0.4) is 0 Å². The third-order valence-electron chi connectivity index (χ3n) is 5.57. The van der Waals surface area contributed by atoms with Gasteiger partial charge in [0.2, 0.25) is 0 Å². The number of nitrogens with one attached hydrogen (secondary N) is 1. The van der Waals surface area contributed by atoms with Crippen LogP contribution in [-0.4, -0.2) is 25.6 Å². The second-order valence-corrected chi connectivity index (χ2v) is 7.26. The zero-order valence-corrected chi connectivity index (χ0v) is 15.9. The van der Waals surface area contributed by atoms with Crippen molar-refractivity contribution in [1.82, 2.24) is 24.4 Å². The van der Waals surface area contributed by atoms with E-state index in [0.717, 1.165) is 41.8 Å². The molecule has 6 nitrogen and oxygen atoms in total. The maximum atomic E-state index is 12.8. The van der Waals surface area contributed by atoms with Crippen LogP contribution in [0.15, 0.2) is 53.7 Å². The molecule has 1 aliphatic heterocycles. The van der Waals surface area contributed by atoms with Gasteiger partial charge in [-0.3, -0.25) is 9.36 Å². The molecule has 1 N–H and O–H groups in total. The van der Waals surface area contributed by atoms with Gasteiger partial charge >= 0.3 is 0 Å². The first kappa shape index (κ1) is 16.9. The smallest absolute Gasteiger partial charge is 0.255 e. The van der Waals surface area contributed by atoms with Crippen LogP contribution >= 0.6 is 0 Å². The average Bonchev–Trinajstić information content (AvgIpc) is 3.01. The fraction of sp³-hybridized carbons (Fsp3) is 0.227. The number of fused-ring (bicyclic) bond motifs is 3. The number of nitrogens with zero attached hydrogens (tertiary/aromatic N) is 4. The highest BCUT2D eigenvalue weighted by atomic mass is 16.1. The average molecular weight is 371 g/mol. The molecule has 1 aliphatic rings. The quantitative estimate of drug-likeness (QED) is 0.588. The molecule has 5 rings (SSSR count). The second kappa shape index (κ2) is 6.42. The van der Waals surface area contributed by atoms with Crippen molar-refractivity contribution >= 4 is 10.9 Å². The third kappa shape index (κ3) is 2.65. The van der Waals surface area contributed by atoms with Crippen molar-refractivity contribution in [3.63, 3.8) is 0 Å². The maximum Gasteiger partial charge on any atom is 0.255 e. The molecule has 28 heavy (non-hydrogen) atoms. The maximum absolute atomic E-state index is 12.8. The predicted octanol–water partition coefficient (Wildman–Crippen LogP) is 2.74. The largest absolute Gasteiger partial charge is 0.347 e. The normalized spacial score (nSPS) is 13.6. The molecule has 0 saturated carbocycles. The SMILES string of the molecule is Cc1ncc(-c2ccn(-c3ccc4c5c(n(C)c4c3)CCNC5)c(=O)c2)cn1. The molecule has 0 radical (unpaired) electrons. The molecule has 0 atom stereocenters. The molecule has 0 fully saturated rings. The molecule has 4 heterocycles. The highest BCUT2D eigenvalue weighted by molar-refractivity contribution is 5.87. The highest BCUT2D eigenvalue weighted by Crippen LogP contribution is 2.29. The summed E-state index contributed by atoms with van der Waals surface area (Å²) in [7, 11) is 2.11. The van der Waals surface area contributed by atoms with Crippen molar-refractivity contribution in [1.29, 1.82) is 0 Å². The summed E-state index contributed by atoms with van der Waals surface area (Å²) in [5.74, 6) is 0.714. The number of pyridine rings is 1. The van der Waals surface area contributed by atoms with E-state index in [9.17, 15) is 4.79 Å². The second-order valence-electron chi connectivity index (χ2n) is 7.26. The van der Waals surface area contributed by atoms with E-state index in [-0.39, 0.29) is 5.56 Å². The van der Waals surface area contributed by atoms with Crippen molar-refractivity contribution in [3.8, 4) is 16.8 Å². The molecule has 140 valence electrons. The summed E-state index contributed by atoms with van der Waals surface area (Å²) in [6, 6.07) is 9.82. The lowest BCUT2D eigenvalue weighted by molar-refractivity contribution is 0.622. The van der Waals surface area contributed by atoms with E-state index in [4.69, 9.17) is 0 Å². The van der Waals surface area contributed by atoms with Gasteiger partial charge in [-0.2, -0.15) is 0 Å². The molecular formula is C22H21N5O. The van der Waals surface area contributed by atoms with Gasteiger partial charge < -0.3 is 9.88 Å². The number of aromatic nitrogens is 4. The van der Waals surface area contributed by atoms with Crippen LogP contribution in [0, 0.1) is 6.92 Å². The van der Waals surface area contributed by atoms with Gasteiger partial charge in [0.25, 0.3) is 5.56 Å². The minimum atomic E-state index is -0.0712. The van der Waals surface area contributed by atoms with Gasteiger partial charge in [0.15, 0.2) is 0 Å². The van der Waals surface area contributed by atoms with Gasteiger partial charge in [-0.05, 0) is 36.2 Å². The van der Waals surface area contributed by atoms with E-state index in [1.807, 2.05) is 25.3 Å². The molecule has 0 spiro atoms. The Morgan fingerprint density at radius 2 is 1.89 bits per heavy atom. The lowest BCUT2D eigenvalue weighted by Crippen LogP contribution is -2.24. The highest BCUT2D eigenvalue weighted by Gasteiger charge is 2.18. The minimum absolute atomic E-state index is 0.0712. The summed E-state index contributed by atoms with van der Waals surface area (Å²) < 4.78 is 3.94. The summed E-state index contributed by atoms with van der Waals surface area (Å²) in [5.41, 5.74) is 6.38. The summed E-state index contributed by atoms with van der Waals surface area (Å²) in [6.45, 7) is 3.75. The number of rotatable bonds is 2. The van der Waals surface area contributed by atoms with Crippen molar-refractivity contribution in [2.45, 2.75) is 19.9 Å². The van der Waals surface area contributed by atoms with E-state index in [1.165, 1.54) is 16.6 Å². The van der Waals surface area contributed by atoms with E-state index < -0.39 is 0 Å². The van der Waals surface area contributed by atoms with E-state index in [0.29, 0.717) is 5.82 Å². The zero-order valence-electron chi connectivity index (χ0n) is 15.9. The first-order chi connectivity index (χ1) is 13.6. The Morgan fingerprint density at radius 1 is 1.07 bits per heavy atom. The molecule has 1 aromatic carbocycles. The van der Waals surface area contributed by atoms with Crippen LogP contribution in [0.25, 0.3) is 27.7 Å². The number of benzene rings is 1. The van der Waals surface area contributed by atoms with Crippen LogP contribution < -0.4 is 10.9 Å². The topological polar surface area (TPSA) is 64.7 Å².